The van der Waals surface area contributed by atoms with E-state index in [1.54, 1.807) is 18.2 Å². The number of urea groups is 1. The second-order valence-corrected chi connectivity index (χ2v) is 9.90. The SMILES string of the molecule is C=CCN(C)S(=O)(=O)c1ccc(NC(=O)N2CCCCCC2CC(C)C)cc1. The van der Waals surface area contributed by atoms with Crippen LogP contribution < -0.4 is 5.32 Å². The van der Waals surface area contributed by atoms with Gasteiger partial charge in [-0.25, -0.2) is 13.2 Å². The molecule has 1 aromatic carbocycles. The van der Waals surface area contributed by atoms with Crippen molar-refractivity contribution in [3.05, 3.63) is 36.9 Å². The number of benzene rings is 1. The minimum Gasteiger partial charge on any atom is -0.322 e. The van der Waals surface area contributed by atoms with Gasteiger partial charge in [-0.15, -0.1) is 6.58 Å². The Bertz CT molecular complexity index is 760. The number of hydrogen-bond acceptors (Lipinski definition) is 3. The number of carbonyl (C=O) groups excluding carboxylic acids is 1. The van der Waals surface area contributed by atoms with Crippen LogP contribution in [0.2, 0.25) is 0 Å². The number of sulfonamides is 1. The topological polar surface area (TPSA) is 69.7 Å². The number of nitrogens with zero attached hydrogens (tertiary/aromatic N) is 2. The van der Waals surface area contributed by atoms with Crippen LogP contribution in [0.4, 0.5) is 10.5 Å². The third-order valence-corrected chi connectivity index (χ3v) is 6.92. The van der Waals surface area contributed by atoms with E-state index in [0.717, 1.165) is 38.6 Å². The monoisotopic (exact) mass is 407 g/mol. The van der Waals surface area contributed by atoms with Crippen LogP contribution in [0.3, 0.4) is 0 Å². The number of carbonyl (C=O) groups is 1. The number of rotatable bonds is 7. The molecule has 0 radical (unpaired) electrons. The normalized spacial score (nSPS) is 18.2. The molecule has 0 aromatic heterocycles. The van der Waals surface area contributed by atoms with Gasteiger partial charge in [0.1, 0.15) is 0 Å². The standard InChI is InChI=1S/C21H33N3O3S/c1-5-14-23(4)28(26,27)20-12-10-18(11-13-20)22-21(25)24-15-8-6-7-9-19(24)16-17(2)3/h5,10-13,17,19H,1,6-9,14-16H2,2-4H3,(H,22,25). The summed E-state index contributed by atoms with van der Waals surface area (Å²) in [4.78, 5) is 15.0. The lowest BCUT2D eigenvalue weighted by Gasteiger charge is -2.31. The van der Waals surface area contributed by atoms with Crippen molar-refractivity contribution in [3.63, 3.8) is 0 Å². The van der Waals surface area contributed by atoms with Gasteiger partial charge in [-0.05, 0) is 49.4 Å². The Hall–Kier alpha value is -1.86. The second-order valence-electron chi connectivity index (χ2n) is 7.85. The molecule has 1 N–H and O–H groups in total. The summed E-state index contributed by atoms with van der Waals surface area (Å²) in [7, 11) is -2.04. The first-order valence-corrected chi connectivity index (χ1v) is 11.4. The van der Waals surface area contributed by atoms with E-state index in [1.807, 2.05) is 4.90 Å². The molecule has 1 unspecified atom stereocenters. The van der Waals surface area contributed by atoms with Gasteiger partial charge in [0.05, 0.1) is 4.90 Å². The van der Waals surface area contributed by atoms with Crippen LogP contribution in [-0.4, -0.2) is 49.8 Å². The van der Waals surface area contributed by atoms with E-state index < -0.39 is 10.0 Å². The van der Waals surface area contributed by atoms with Crippen LogP contribution in [-0.2, 0) is 10.0 Å². The Kier molecular flexibility index (Phi) is 8.07. The Morgan fingerprint density at radius 1 is 1.29 bits per heavy atom. The van der Waals surface area contributed by atoms with E-state index in [9.17, 15) is 13.2 Å². The van der Waals surface area contributed by atoms with Crippen LogP contribution >= 0.6 is 0 Å². The molecule has 0 aliphatic carbocycles. The predicted octanol–water partition coefficient (Wildman–Crippen LogP) is 4.32. The zero-order valence-corrected chi connectivity index (χ0v) is 18.0. The summed E-state index contributed by atoms with van der Waals surface area (Å²) in [5.41, 5.74) is 0.600. The highest BCUT2D eigenvalue weighted by Gasteiger charge is 2.26. The molecule has 1 aliphatic rings. The van der Waals surface area contributed by atoms with E-state index in [4.69, 9.17) is 0 Å². The summed E-state index contributed by atoms with van der Waals surface area (Å²) in [5.74, 6) is 0.537. The molecule has 2 rings (SSSR count). The Labute approximate surface area is 169 Å². The molecule has 1 fully saturated rings. The smallest absolute Gasteiger partial charge is 0.322 e. The maximum absolute atomic E-state index is 12.9. The van der Waals surface area contributed by atoms with E-state index in [-0.39, 0.29) is 23.5 Å². The van der Waals surface area contributed by atoms with E-state index in [0.29, 0.717) is 11.6 Å². The van der Waals surface area contributed by atoms with E-state index in [2.05, 4.69) is 25.7 Å². The first kappa shape index (κ1) is 22.4. The molecule has 1 atom stereocenters. The third-order valence-electron chi connectivity index (χ3n) is 5.08. The zero-order valence-electron chi connectivity index (χ0n) is 17.2. The molecule has 0 saturated carbocycles. The number of hydrogen-bond donors (Lipinski definition) is 1. The molecule has 6 nitrogen and oxygen atoms in total. The van der Waals surface area contributed by atoms with Gasteiger partial charge in [0, 0.05) is 31.9 Å². The summed E-state index contributed by atoms with van der Waals surface area (Å²) in [6.07, 6.45) is 6.92. The molecule has 7 heteroatoms. The quantitative estimate of drug-likeness (QED) is 0.685. The highest BCUT2D eigenvalue weighted by molar-refractivity contribution is 7.89. The van der Waals surface area contributed by atoms with Gasteiger partial charge in [0.2, 0.25) is 10.0 Å². The van der Waals surface area contributed by atoms with Crippen LogP contribution in [0.15, 0.2) is 41.8 Å². The van der Waals surface area contributed by atoms with Crippen molar-refractivity contribution in [1.29, 1.82) is 0 Å². The maximum Gasteiger partial charge on any atom is 0.322 e. The summed E-state index contributed by atoms with van der Waals surface area (Å²) in [5, 5.41) is 2.94. The second kappa shape index (κ2) is 10.1. The fraction of sp³-hybridized carbons (Fsp3) is 0.571. The molecule has 1 aromatic rings. The van der Waals surface area contributed by atoms with Gasteiger partial charge < -0.3 is 10.2 Å². The number of likely N-dealkylation sites (N-methyl/N-ethyl adjacent to an activating group) is 1. The first-order chi connectivity index (χ1) is 13.3. The van der Waals surface area contributed by atoms with Crippen molar-refractivity contribution in [1.82, 2.24) is 9.21 Å². The Morgan fingerprint density at radius 3 is 2.57 bits per heavy atom. The van der Waals surface area contributed by atoms with Crippen molar-refractivity contribution in [2.45, 2.75) is 56.9 Å². The van der Waals surface area contributed by atoms with Crippen molar-refractivity contribution < 1.29 is 13.2 Å². The lowest BCUT2D eigenvalue weighted by atomic mass is 9.99. The fourth-order valence-electron chi connectivity index (χ4n) is 3.60. The molecule has 2 amide bonds. The van der Waals surface area contributed by atoms with E-state index in [1.165, 1.54) is 23.5 Å². The van der Waals surface area contributed by atoms with Crippen LogP contribution in [0.25, 0.3) is 0 Å². The van der Waals surface area contributed by atoms with Crippen molar-refractivity contribution in [2.24, 2.45) is 5.92 Å². The lowest BCUT2D eigenvalue weighted by molar-refractivity contribution is 0.178. The minimum absolute atomic E-state index is 0.105. The third kappa shape index (κ3) is 5.82. The average Bonchev–Trinajstić information content (AvgIpc) is 2.87. The Morgan fingerprint density at radius 2 is 1.96 bits per heavy atom. The molecule has 1 aliphatic heterocycles. The van der Waals surface area contributed by atoms with Gasteiger partial charge in [-0.2, -0.15) is 4.31 Å². The van der Waals surface area contributed by atoms with Crippen LogP contribution in [0, 0.1) is 5.92 Å². The molecule has 1 saturated heterocycles. The van der Waals surface area contributed by atoms with Gasteiger partial charge >= 0.3 is 6.03 Å². The van der Waals surface area contributed by atoms with Crippen molar-refractivity contribution in [2.75, 3.05) is 25.5 Å². The summed E-state index contributed by atoms with van der Waals surface area (Å²) in [6, 6.07) is 6.49. The van der Waals surface area contributed by atoms with Gasteiger partial charge in [-0.3, -0.25) is 0 Å². The predicted molar refractivity (Wildman–Crippen MR) is 114 cm³/mol. The number of likely N-dealkylation sites (tertiary alicyclic amines) is 1. The molecular formula is C21H33N3O3S. The fourth-order valence-corrected chi connectivity index (χ4v) is 4.74. The average molecular weight is 408 g/mol. The Balaban J connectivity index is 2.09. The van der Waals surface area contributed by atoms with Gasteiger partial charge in [-0.1, -0.05) is 32.8 Å². The highest BCUT2D eigenvalue weighted by Crippen LogP contribution is 2.24. The number of amides is 2. The van der Waals surface area contributed by atoms with Crippen molar-refractivity contribution >= 4 is 21.7 Å². The van der Waals surface area contributed by atoms with E-state index >= 15 is 0 Å². The number of nitrogens with one attached hydrogen (secondary N) is 1. The largest absolute Gasteiger partial charge is 0.322 e. The summed E-state index contributed by atoms with van der Waals surface area (Å²) >= 11 is 0. The van der Waals surface area contributed by atoms with Crippen molar-refractivity contribution in [3.8, 4) is 0 Å². The lowest BCUT2D eigenvalue weighted by Crippen LogP contribution is -2.43. The number of anilines is 1. The summed E-state index contributed by atoms with van der Waals surface area (Å²) in [6.45, 7) is 8.95. The highest BCUT2D eigenvalue weighted by atomic mass is 32.2. The minimum atomic E-state index is -3.55. The molecule has 1 heterocycles. The van der Waals surface area contributed by atoms with Crippen LogP contribution in [0.1, 0.15) is 46.0 Å². The maximum atomic E-state index is 12.9. The first-order valence-electron chi connectivity index (χ1n) is 10.0. The van der Waals surface area contributed by atoms with Crippen LogP contribution in [0.5, 0.6) is 0 Å². The molecular weight excluding hydrogens is 374 g/mol. The van der Waals surface area contributed by atoms with Gasteiger partial charge in [0.25, 0.3) is 0 Å². The molecule has 0 bridgehead atoms. The molecule has 0 spiro atoms. The molecule has 156 valence electrons. The summed E-state index contributed by atoms with van der Waals surface area (Å²) < 4.78 is 26.2. The zero-order chi connectivity index (χ0) is 20.7. The van der Waals surface area contributed by atoms with Gasteiger partial charge in [0.15, 0.2) is 0 Å². The molecule has 28 heavy (non-hydrogen) atoms.